The van der Waals surface area contributed by atoms with Gasteiger partial charge in [0, 0.05) is 25.5 Å². The summed E-state index contributed by atoms with van der Waals surface area (Å²) in [5.74, 6) is 1.62. The van der Waals surface area contributed by atoms with Crippen molar-refractivity contribution >= 4 is 15.8 Å². The number of pyridine rings is 1. The molecule has 0 aromatic carbocycles. The zero-order valence-corrected chi connectivity index (χ0v) is 13.5. The fourth-order valence-electron chi connectivity index (χ4n) is 2.82. The number of hydrogen-bond donors (Lipinski definition) is 1. The highest BCUT2D eigenvalue weighted by molar-refractivity contribution is 7.90. The van der Waals surface area contributed by atoms with Crippen LogP contribution in [0.2, 0.25) is 0 Å². The molecule has 0 saturated heterocycles. The summed E-state index contributed by atoms with van der Waals surface area (Å²) in [4.78, 5) is 8.79. The molecule has 0 unspecified atom stereocenters. The molecule has 0 spiro atoms. The summed E-state index contributed by atoms with van der Waals surface area (Å²) < 4.78 is 28.3. The normalized spacial score (nSPS) is 18.6. The first-order chi connectivity index (χ1) is 11.1. The van der Waals surface area contributed by atoms with E-state index in [1.807, 2.05) is 29.0 Å². The summed E-state index contributed by atoms with van der Waals surface area (Å²) in [5.41, 5.74) is 0.899. The van der Waals surface area contributed by atoms with Crippen LogP contribution in [-0.4, -0.2) is 39.1 Å². The highest BCUT2D eigenvalue weighted by Crippen LogP contribution is 2.32. The number of sulfonamides is 1. The van der Waals surface area contributed by atoms with Gasteiger partial charge >= 0.3 is 0 Å². The first kappa shape index (κ1) is 14.6. The van der Waals surface area contributed by atoms with E-state index in [-0.39, 0.29) is 5.25 Å². The van der Waals surface area contributed by atoms with Crippen LogP contribution < -0.4 is 5.32 Å². The smallest absolute Gasteiger partial charge is 0.217 e. The van der Waals surface area contributed by atoms with Gasteiger partial charge in [-0.1, -0.05) is 6.07 Å². The van der Waals surface area contributed by atoms with Crippen LogP contribution in [0.15, 0.2) is 30.6 Å². The van der Waals surface area contributed by atoms with Crippen LogP contribution in [0, 0.1) is 0 Å². The Morgan fingerprint density at radius 3 is 2.87 bits per heavy atom. The fourth-order valence-corrected chi connectivity index (χ4v) is 4.60. The molecule has 0 atom stereocenters. The highest BCUT2D eigenvalue weighted by Gasteiger charge is 2.41. The number of aromatic nitrogens is 3. The van der Waals surface area contributed by atoms with Gasteiger partial charge in [0.2, 0.25) is 10.0 Å². The van der Waals surface area contributed by atoms with E-state index in [1.165, 1.54) is 0 Å². The van der Waals surface area contributed by atoms with Crippen molar-refractivity contribution in [3.8, 4) is 0 Å². The SMILES string of the molecule is O=S(=O)(C1CC1)N1CCn2cc(CNc3ccccn3)nc2C1. The van der Waals surface area contributed by atoms with E-state index in [1.54, 1.807) is 10.5 Å². The third-order valence-electron chi connectivity index (χ3n) is 4.24. The van der Waals surface area contributed by atoms with Crippen molar-refractivity contribution in [1.29, 1.82) is 0 Å². The highest BCUT2D eigenvalue weighted by atomic mass is 32.2. The van der Waals surface area contributed by atoms with Crippen LogP contribution in [-0.2, 0) is 29.7 Å². The second-order valence-corrected chi connectivity index (χ2v) is 8.20. The second kappa shape index (κ2) is 5.61. The van der Waals surface area contributed by atoms with Crippen molar-refractivity contribution in [2.24, 2.45) is 0 Å². The van der Waals surface area contributed by atoms with E-state index in [2.05, 4.69) is 15.3 Å². The van der Waals surface area contributed by atoms with Crippen LogP contribution >= 0.6 is 0 Å². The summed E-state index contributed by atoms with van der Waals surface area (Å²) in [5, 5.41) is 3.06. The molecule has 4 rings (SSSR count). The third-order valence-corrected chi connectivity index (χ3v) is 6.58. The minimum Gasteiger partial charge on any atom is -0.364 e. The minimum atomic E-state index is -3.12. The molecule has 122 valence electrons. The molecular formula is C15H19N5O2S. The predicted octanol–water partition coefficient (Wildman–Crippen LogP) is 1.20. The molecule has 1 N–H and O–H groups in total. The average molecular weight is 333 g/mol. The number of rotatable bonds is 5. The molecule has 2 aliphatic rings. The van der Waals surface area contributed by atoms with Crippen molar-refractivity contribution < 1.29 is 8.42 Å². The summed E-state index contributed by atoms with van der Waals surface area (Å²) in [6.07, 6.45) is 5.33. The molecule has 23 heavy (non-hydrogen) atoms. The first-order valence-electron chi connectivity index (χ1n) is 7.82. The molecule has 2 aromatic rings. The van der Waals surface area contributed by atoms with E-state index >= 15 is 0 Å². The number of anilines is 1. The molecule has 2 aromatic heterocycles. The maximum absolute atomic E-state index is 12.3. The van der Waals surface area contributed by atoms with Crippen LogP contribution in [0.5, 0.6) is 0 Å². The molecule has 8 heteroatoms. The first-order valence-corrected chi connectivity index (χ1v) is 9.32. The number of hydrogen-bond acceptors (Lipinski definition) is 5. The summed E-state index contributed by atoms with van der Waals surface area (Å²) >= 11 is 0. The molecule has 1 aliphatic carbocycles. The third kappa shape index (κ3) is 2.96. The maximum atomic E-state index is 12.3. The van der Waals surface area contributed by atoms with Gasteiger partial charge in [-0.15, -0.1) is 0 Å². The molecule has 0 amide bonds. The second-order valence-electron chi connectivity index (χ2n) is 5.99. The lowest BCUT2D eigenvalue weighted by Gasteiger charge is -2.26. The lowest BCUT2D eigenvalue weighted by Crippen LogP contribution is -2.39. The Morgan fingerprint density at radius 2 is 2.13 bits per heavy atom. The van der Waals surface area contributed by atoms with E-state index in [4.69, 9.17) is 0 Å². The monoisotopic (exact) mass is 333 g/mol. The zero-order chi connectivity index (χ0) is 15.9. The summed E-state index contributed by atoms with van der Waals surface area (Å²) in [6.45, 7) is 2.15. The van der Waals surface area contributed by atoms with Gasteiger partial charge in [-0.25, -0.2) is 18.4 Å². The Kier molecular flexibility index (Phi) is 3.57. The van der Waals surface area contributed by atoms with Gasteiger partial charge in [-0.3, -0.25) is 0 Å². The van der Waals surface area contributed by atoms with E-state index < -0.39 is 10.0 Å². The lowest BCUT2D eigenvalue weighted by atomic mass is 10.4. The molecule has 0 bridgehead atoms. The van der Waals surface area contributed by atoms with E-state index in [0.29, 0.717) is 26.2 Å². The number of fused-ring (bicyclic) bond motifs is 1. The van der Waals surface area contributed by atoms with Crippen LogP contribution in [0.25, 0.3) is 0 Å². The Bertz CT molecular complexity index is 799. The Hall–Kier alpha value is -1.93. The van der Waals surface area contributed by atoms with Crippen molar-refractivity contribution in [1.82, 2.24) is 18.8 Å². The molecule has 1 fully saturated rings. The van der Waals surface area contributed by atoms with Crippen LogP contribution in [0.1, 0.15) is 24.4 Å². The molecule has 1 aliphatic heterocycles. The number of imidazole rings is 1. The Labute approximate surface area is 135 Å². The molecule has 1 saturated carbocycles. The van der Waals surface area contributed by atoms with Gasteiger partial charge in [-0.2, -0.15) is 4.31 Å². The van der Waals surface area contributed by atoms with Gasteiger partial charge in [0.1, 0.15) is 11.6 Å². The van der Waals surface area contributed by atoms with Crippen molar-refractivity contribution in [3.63, 3.8) is 0 Å². The lowest BCUT2D eigenvalue weighted by molar-refractivity contribution is 0.335. The standard InChI is InChI=1S/C15H19N5O2S/c21-23(22,13-4-5-13)20-8-7-19-10-12(18-15(19)11-20)9-17-14-3-1-2-6-16-14/h1-3,6,10,13H,4-5,7-9,11H2,(H,16,17). The van der Waals surface area contributed by atoms with Gasteiger partial charge in [0.15, 0.2) is 0 Å². The van der Waals surface area contributed by atoms with Crippen molar-refractivity contribution in [2.75, 3.05) is 11.9 Å². The summed E-state index contributed by atoms with van der Waals surface area (Å²) in [6, 6.07) is 5.70. The van der Waals surface area contributed by atoms with Crippen molar-refractivity contribution in [3.05, 3.63) is 42.1 Å². The summed E-state index contributed by atoms with van der Waals surface area (Å²) in [7, 11) is -3.12. The van der Waals surface area contributed by atoms with Crippen LogP contribution in [0.4, 0.5) is 5.82 Å². The van der Waals surface area contributed by atoms with E-state index in [9.17, 15) is 8.42 Å². The van der Waals surface area contributed by atoms with E-state index in [0.717, 1.165) is 30.2 Å². The number of nitrogens with one attached hydrogen (secondary N) is 1. The zero-order valence-electron chi connectivity index (χ0n) is 12.7. The quantitative estimate of drug-likeness (QED) is 0.889. The predicted molar refractivity (Wildman–Crippen MR) is 86.1 cm³/mol. The molecule has 7 nitrogen and oxygen atoms in total. The number of nitrogens with zero attached hydrogens (tertiary/aromatic N) is 4. The molecule has 3 heterocycles. The Morgan fingerprint density at radius 1 is 1.26 bits per heavy atom. The van der Waals surface area contributed by atoms with Gasteiger partial charge < -0.3 is 9.88 Å². The van der Waals surface area contributed by atoms with Gasteiger partial charge in [0.25, 0.3) is 0 Å². The fraction of sp³-hybridized carbons (Fsp3) is 0.467. The minimum absolute atomic E-state index is 0.158. The molecule has 0 radical (unpaired) electrons. The van der Waals surface area contributed by atoms with Gasteiger partial charge in [-0.05, 0) is 25.0 Å². The Balaban J connectivity index is 1.45. The topological polar surface area (TPSA) is 80.1 Å². The van der Waals surface area contributed by atoms with Crippen LogP contribution in [0.3, 0.4) is 0 Å². The van der Waals surface area contributed by atoms with Crippen molar-refractivity contribution in [2.45, 2.75) is 37.7 Å². The molecular weight excluding hydrogens is 314 g/mol. The maximum Gasteiger partial charge on any atom is 0.217 e. The average Bonchev–Trinajstić information content (AvgIpc) is 3.34. The largest absolute Gasteiger partial charge is 0.364 e. The van der Waals surface area contributed by atoms with Gasteiger partial charge in [0.05, 0.1) is 24.0 Å².